The fraction of sp³-hybridized carbons (Fsp3) is 0.815. The third-order valence-electron chi connectivity index (χ3n) is 6.15. The number of nitrogens with two attached hydrogens (primary N) is 2. The molecule has 0 aliphatic carbocycles. The fourth-order valence-electron chi connectivity index (χ4n) is 4.01. The molecule has 7 N–H and O–H groups in total. The molecule has 1 aliphatic rings. The van der Waals surface area contributed by atoms with Crippen molar-refractivity contribution in [3.63, 3.8) is 0 Å². The molecule has 0 spiro atoms. The summed E-state index contributed by atoms with van der Waals surface area (Å²) in [6, 6.07) is -1.28. The van der Waals surface area contributed by atoms with Gasteiger partial charge in [-0.25, -0.2) is 9.59 Å². The van der Waals surface area contributed by atoms with Crippen LogP contribution in [0.25, 0.3) is 0 Å². The van der Waals surface area contributed by atoms with Gasteiger partial charge in [-0.3, -0.25) is 14.6 Å². The van der Waals surface area contributed by atoms with E-state index in [1.165, 1.54) is 57.8 Å². The number of aliphatic imine (C=N–C) groups is 1. The lowest BCUT2D eigenvalue weighted by Crippen LogP contribution is -2.42. The largest absolute Gasteiger partial charge is 0.480 e. The number of aliphatic carboxylic acids is 1. The molecule has 0 unspecified atom stereocenters. The van der Waals surface area contributed by atoms with Crippen molar-refractivity contribution in [1.29, 1.82) is 0 Å². The number of nitrogens with one attached hydrogen (secondary N) is 2. The van der Waals surface area contributed by atoms with Gasteiger partial charge in [0.15, 0.2) is 5.96 Å². The molecule has 220 valence electrons. The van der Waals surface area contributed by atoms with Gasteiger partial charge >= 0.3 is 11.9 Å². The number of hydrogen-bond acceptors (Lipinski definition) is 6. The third kappa shape index (κ3) is 20.2. The van der Waals surface area contributed by atoms with Crippen molar-refractivity contribution in [2.24, 2.45) is 16.5 Å². The molecular weight excluding hydrogens is 490 g/mol. The van der Waals surface area contributed by atoms with Crippen LogP contribution < -0.4 is 22.1 Å². The quantitative estimate of drug-likeness (QED) is 0.0673. The summed E-state index contributed by atoms with van der Waals surface area (Å²) in [7, 11) is 0. The second-order valence-corrected chi connectivity index (χ2v) is 9.60. The van der Waals surface area contributed by atoms with Crippen LogP contribution in [0.4, 0.5) is 0 Å². The number of nitrogens with zero attached hydrogens (tertiary/aromatic N) is 1. The monoisotopic (exact) mass is 541 g/mol. The Bertz CT molecular complexity index is 712. The Labute approximate surface area is 227 Å². The van der Waals surface area contributed by atoms with Gasteiger partial charge in [0.05, 0.1) is 6.61 Å². The predicted octanol–water partition coefficient (Wildman–Crippen LogP) is 3.14. The van der Waals surface area contributed by atoms with Crippen LogP contribution >= 0.6 is 0 Å². The van der Waals surface area contributed by atoms with Gasteiger partial charge in [-0.15, -0.1) is 0 Å². The van der Waals surface area contributed by atoms with E-state index in [0.29, 0.717) is 38.6 Å². The van der Waals surface area contributed by atoms with Crippen LogP contribution in [0.2, 0.25) is 0 Å². The van der Waals surface area contributed by atoms with Crippen LogP contribution in [0, 0.1) is 0 Å². The Hall–Kier alpha value is -2.85. The average Bonchev–Trinajstić information content (AvgIpc) is 3.31. The number of carboxylic acids is 1. The molecule has 2 amide bonds. The molecule has 0 aromatic carbocycles. The zero-order valence-electron chi connectivity index (χ0n) is 23.5. The molecule has 1 heterocycles. The molecule has 0 bridgehead atoms. The Morgan fingerprint density at radius 1 is 1.00 bits per heavy atom. The van der Waals surface area contributed by atoms with E-state index in [2.05, 4.69) is 22.5 Å². The number of hydrogen-bond donors (Lipinski definition) is 5. The maximum Gasteiger partial charge on any atom is 0.328 e. The van der Waals surface area contributed by atoms with Crippen LogP contribution in [-0.4, -0.2) is 60.1 Å². The summed E-state index contributed by atoms with van der Waals surface area (Å²) in [5.41, 5.74) is 10.6. The topological polar surface area (TPSA) is 186 Å². The first-order valence-corrected chi connectivity index (χ1v) is 14.2. The van der Waals surface area contributed by atoms with Gasteiger partial charge in [0.25, 0.3) is 0 Å². The molecule has 11 nitrogen and oxygen atoms in total. The average molecular weight is 542 g/mol. The van der Waals surface area contributed by atoms with E-state index < -0.39 is 24.0 Å². The Balaban J connectivity index is 0.00000127. The summed E-state index contributed by atoms with van der Waals surface area (Å²) < 4.78 is 5.06. The zero-order valence-corrected chi connectivity index (χ0v) is 23.5. The van der Waals surface area contributed by atoms with Crippen molar-refractivity contribution in [3.8, 4) is 0 Å². The van der Waals surface area contributed by atoms with E-state index >= 15 is 0 Å². The van der Waals surface area contributed by atoms with Gasteiger partial charge < -0.3 is 31.9 Å². The summed E-state index contributed by atoms with van der Waals surface area (Å²) in [6.45, 7) is 4.71. The Morgan fingerprint density at radius 2 is 1.58 bits per heavy atom. The van der Waals surface area contributed by atoms with Crippen LogP contribution in [-0.2, 0) is 23.9 Å². The lowest BCUT2D eigenvalue weighted by molar-refractivity contribution is -0.147. The van der Waals surface area contributed by atoms with Crippen LogP contribution in [0.3, 0.4) is 0 Å². The first-order chi connectivity index (χ1) is 18.2. The van der Waals surface area contributed by atoms with Gasteiger partial charge in [0.2, 0.25) is 11.8 Å². The number of guanidine groups is 1. The molecule has 38 heavy (non-hydrogen) atoms. The van der Waals surface area contributed by atoms with E-state index in [9.17, 15) is 19.2 Å². The molecule has 0 saturated carbocycles. The first kappa shape index (κ1) is 35.2. The van der Waals surface area contributed by atoms with E-state index in [0.717, 1.165) is 12.8 Å². The van der Waals surface area contributed by atoms with Crippen molar-refractivity contribution in [1.82, 2.24) is 10.6 Å². The van der Waals surface area contributed by atoms with E-state index in [1.54, 1.807) is 6.92 Å². The minimum absolute atomic E-state index is 0.0261. The number of ether oxygens (including phenoxy) is 1. The molecule has 1 saturated heterocycles. The molecule has 11 heteroatoms. The maximum absolute atomic E-state index is 12.2. The molecule has 0 radical (unpaired) electrons. The summed E-state index contributed by atoms with van der Waals surface area (Å²) in [5.74, 6) is -1.58. The predicted molar refractivity (Wildman–Crippen MR) is 148 cm³/mol. The molecule has 1 aliphatic heterocycles. The van der Waals surface area contributed by atoms with Crippen LogP contribution in [0.1, 0.15) is 117 Å². The highest BCUT2D eigenvalue weighted by molar-refractivity contribution is 5.87. The molecule has 0 aromatic heterocycles. The Morgan fingerprint density at radius 3 is 2.03 bits per heavy atom. The summed E-state index contributed by atoms with van der Waals surface area (Å²) in [5, 5.41) is 13.4. The minimum atomic E-state index is -0.944. The zero-order chi connectivity index (χ0) is 28.6. The van der Waals surface area contributed by atoms with Crippen molar-refractivity contribution in [3.05, 3.63) is 0 Å². The second-order valence-electron chi connectivity index (χ2n) is 9.60. The highest BCUT2D eigenvalue weighted by atomic mass is 16.5. The van der Waals surface area contributed by atoms with E-state index in [-0.39, 0.29) is 24.4 Å². The Kier molecular flexibility index (Phi) is 21.5. The lowest BCUT2D eigenvalue weighted by atomic mass is 10.0. The van der Waals surface area contributed by atoms with Crippen LogP contribution in [0.5, 0.6) is 0 Å². The van der Waals surface area contributed by atoms with Crippen molar-refractivity contribution < 1.29 is 29.0 Å². The smallest absolute Gasteiger partial charge is 0.328 e. The van der Waals surface area contributed by atoms with Gasteiger partial charge in [-0.2, -0.15) is 0 Å². The van der Waals surface area contributed by atoms with Crippen molar-refractivity contribution in [2.75, 3.05) is 13.2 Å². The number of rotatable bonds is 20. The van der Waals surface area contributed by atoms with Gasteiger partial charge in [-0.05, 0) is 32.6 Å². The second kappa shape index (κ2) is 23.3. The van der Waals surface area contributed by atoms with Crippen LogP contribution in [0.15, 0.2) is 4.99 Å². The molecule has 2 atom stereocenters. The highest BCUT2D eigenvalue weighted by Crippen LogP contribution is 2.12. The van der Waals surface area contributed by atoms with Gasteiger partial charge in [0.1, 0.15) is 12.1 Å². The summed E-state index contributed by atoms with van der Waals surface area (Å²) >= 11 is 0. The standard InChI is InChI=1S/C22H44N4O3.C5H7NO3/c1-3-5-6-7-8-9-10-11-12-13-14-17-20(27)26-19(21(28)29-4-2)16-15-18-25-22(23)24;7-4-2-1-3(6-4)5(8)9/h19H,3-18H2,1-2H3,(H,26,27)(H4,23,24,25);3H,1-2H2,(H,6,7)(H,8,9)/t19-;3-/m00/s1. The van der Waals surface area contributed by atoms with Crippen molar-refractivity contribution >= 4 is 29.7 Å². The van der Waals surface area contributed by atoms with Crippen molar-refractivity contribution in [2.45, 2.75) is 129 Å². The lowest BCUT2D eigenvalue weighted by Gasteiger charge is -2.17. The van der Waals surface area contributed by atoms with Gasteiger partial charge in [-0.1, -0.05) is 71.1 Å². The molecule has 1 rings (SSSR count). The normalized spacial score (nSPS) is 15.0. The number of carbonyl (C=O) groups is 4. The number of unbranched alkanes of at least 4 members (excludes halogenated alkanes) is 10. The SMILES string of the molecule is CCCCCCCCCCCCCC(=O)N[C@@H](CCCN=C(N)N)C(=O)OCC.O=C1CC[C@@H](C(=O)O)N1. The minimum Gasteiger partial charge on any atom is -0.480 e. The molecule has 1 fully saturated rings. The number of amides is 2. The molecule has 0 aromatic rings. The first-order valence-electron chi connectivity index (χ1n) is 14.2. The number of esters is 1. The fourth-order valence-corrected chi connectivity index (χ4v) is 4.01. The van der Waals surface area contributed by atoms with E-state index in [4.69, 9.17) is 21.3 Å². The maximum atomic E-state index is 12.2. The number of carbonyl (C=O) groups excluding carboxylic acids is 3. The highest BCUT2D eigenvalue weighted by Gasteiger charge is 2.26. The van der Waals surface area contributed by atoms with Gasteiger partial charge in [0, 0.05) is 19.4 Å². The molecular formula is C27H51N5O6. The third-order valence-corrected chi connectivity index (χ3v) is 6.15. The summed E-state index contributed by atoms with van der Waals surface area (Å²) in [6.07, 6.45) is 15.9. The summed E-state index contributed by atoms with van der Waals surface area (Å²) in [4.78, 5) is 48.6. The number of carboxylic acid groups (broad SMARTS) is 1. The van der Waals surface area contributed by atoms with E-state index in [1.807, 2.05) is 0 Å².